The lowest BCUT2D eigenvalue weighted by atomic mass is 9.99. The van der Waals surface area contributed by atoms with Gasteiger partial charge in [-0.3, -0.25) is 4.79 Å². The van der Waals surface area contributed by atoms with E-state index in [-0.39, 0.29) is 24.5 Å². The molecular formula is C17H24N2O3. The van der Waals surface area contributed by atoms with Gasteiger partial charge in [0, 0.05) is 12.5 Å². The molecule has 5 nitrogen and oxygen atoms in total. The maximum absolute atomic E-state index is 12.3. The average molecular weight is 304 g/mol. The molecule has 0 bridgehead atoms. The molecule has 1 aromatic carbocycles. The van der Waals surface area contributed by atoms with Crippen LogP contribution in [0.5, 0.6) is 0 Å². The molecule has 5 heteroatoms. The number of benzene rings is 1. The predicted octanol–water partition coefficient (Wildman–Crippen LogP) is 1.92. The number of carbonyl (C=O) groups excluding carboxylic acids is 2. The van der Waals surface area contributed by atoms with Crippen molar-refractivity contribution >= 4 is 11.9 Å². The van der Waals surface area contributed by atoms with E-state index in [1.165, 1.54) is 0 Å². The molecule has 2 rings (SSSR count). The maximum Gasteiger partial charge on any atom is 0.333 e. The van der Waals surface area contributed by atoms with Gasteiger partial charge in [-0.05, 0) is 31.2 Å². The summed E-state index contributed by atoms with van der Waals surface area (Å²) in [6.07, 6.45) is 3.38. The van der Waals surface area contributed by atoms with Crippen molar-refractivity contribution in [3.05, 3.63) is 35.9 Å². The SMILES string of the molecule is CCOC(=O)[C@H](NC(=O)C[C@@H]1CCC[C@H]1N)c1ccccc1. The average Bonchev–Trinajstić information content (AvgIpc) is 2.91. The Morgan fingerprint density at radius 3 is 2.64 bits per heavy atom. The Kier molecular flexibility index (Phi) is 5.95. The molecule has 1 aromatic rings. The molecule has 1 aliphatic carbocycles. The van der Waals surface area contributed by atoms with Gasteiger partial charge in [-0.2, -0.15) is 0 Å². The molecule has 0 heterocycles. The number of amides is 1. The van der Waals surface area contributed by atoms with Crippen LogP contribution in [0.2, 0.25) is 0 Å². The third-order valence-corrected chi connectivity index (χ3v) is 4.13. The van der Waals surface area contributed by atoms with Crippen molar-refractivity contribution in [3.8, 4) is 0 Å². The highest BCUT2D eigenvalue weighted by Gasteiger charge is 2.29. The first-order chi connectivity index (χ1) is 10.6. The fourth-order valence-corrected chi connectivity index (χ4v) is 2.93. The number of hydrogen-bond acceptors (Lipinski definition) is 4. The summed E-state index contributed by atoms with van der Waals surface area (Å²) in [6, 6.07) is 8.48. The summed E-state index contributed by atoms with van der Waals surface area (Å²) in [5.41, 5.74) is 6.73. The molecule has 1 saturated carbocycles. The van der Waals surface area contributed by atoms with Crippen LogP contribution in [0.4, 0.5) is 0 Å². The van der Waals surface area contributed by atoms with E-state index in [0.29, 0.717) is 6.42 Å². The first kappa shape index (κ1) is 16.5. The molecule has 0 radical (unpaired) electrons. The second-order valence-corrected chi connectivity index (χ2v) is 5.72. The number of esters is 1. The van der Waals surface area contributed by atoms with Crippen LogP contribution < -0.4 is 11.1 Å². The van der Waals surface area contributed by atoms with Gasteiger partial charge in [0.05, 0.1) is 6.61 Å². The smallest absolute Gasteiger partial charge is 0.333 e. The molecule has 1 amide bonds. The van der Waals surface area contributed by atoms with Crippen LogP contribution in [0.3, 0.4) is 0 Å². The lowest BCUT2D eigenvalue weighted by molar-refractivity contribution is -0.147. The summed E-state index contributed by atoms with van der Waals surface area (Å²) < 4.78 is 5.07. The second kappa shape index (κ2) is 7.94. The Hall–Kier alpha value is -1.88. The summed E-state index contributed by atoms with van der Waals surface area (Å²) in [6.45, 7) is 2.03. The standard InChI is InChI=1S/C17H24N2O3/c1-2-22-17(21)16(12-7-4-3-5-8-12)19-15(20)11-13-9-6-10-14(13)18/h3-5,7-8,13-14,16H,2,6,9-11,18H2,1H3,(H,19,20)/t13-,14+,16+/m0/s1. The van der Waals surface area contributed by atoms with Crippen LogP contribution in [-0.2, 0) is 14.3 Å². The fourth-order valence-electron chi connectivity index (χ4n) is 2.93. The molecule has 120 valence electrons. The van der Waals surface area contributed by atoms with Gasteiger partial charge in [0.2, 0.25) is 5.91 Å². The number of nitrogens with one attached hydrogen (secondary N) is 1. The Morgan fingerprint density at radius 1 is 1.32 bits per heavy atom. The first-order valence-corrected chi connectivity index (χ1v) is 7.88. The topological polar surface area (TPSA) is 81.4 Å². The quantitative estimate of drug-likeness (QED) is 0.787. The van der Waals surface area contributed by atoms with Gasteiger partial charge in [-0.15, -0.1) is 0 Å². The Labute approximate surface area is 131 Å². The molecule has 0 aromatic heterocycles. The molecule has 1 fully saturated rings. The van der Waals surface area contributed by atoms with Crippen LogP contribution in [0.25, 0.3) is 0 Å². The number of ether oxygens (including phenoxy) is 1. The molecule has 0 unspecified atom stereocenters. The molecule has 22 heavy (non-hydrogen) atoms. The number of rotatable bonds is 6. The maximum atomic E-state index is 12.3. The minimum absolute atomic E-state index is 0.0866. The summed E-state index contributed by atoms with van der Waals surface area (Å²) in [5, 5.41) is 2.80. The molecular weight excluding hydrogens is 280 g/mol. The summed E-state index contributed by atoms with van der Waals surface area (Å²) >= 11 is 0. The van der Waals surface area contributed by atoms with Crippen LogP contribution in [0.15, 0.2) is 30.3 Å². The summed E-state index contributed by atoms with van der Waals surface area (Å²) in [7, 11) is 0. The zero-order valence-corrected chi connectivity index (χ0v) is 13.0. The van der Waals surface area contributed by atoms with Gasteiger partial charge in [-0.25, -0.2) is 4.79 Å². The molecule has 0 spiro atoms. The number of carbonyl (C=O) groups is 2. The van der Waals surface area contributed by atoms with Crippen LogP contribution >= 0.6 is 0 Å². The van der Waals surface area contributed by atoms with E-state index in [2.05, 4.69) is 5.32 Å². The highest BCUT2D eigenvalue weighted by Crippen LogP contribution is 2.27. The number of hydrogen-bond donors (Lipinski definition) is 2. The fraction of sp³-hybridized carbons (Fsp3) is 0.529. The highest BCUT2D eigenvalue weighted by atomic mass is 16.5. The number of nitrogens with two attached hydrogens (primary N) is 1. The predicted molar refractivity (Wildman–Crippen MR) is 83.9 cm³/mol. The first-order valence-electron chi connectivity index (χ1n) is 7.88. The second-order valence-electron chi connectivity index (χ2n) is 5.72. The molecule has 3 atom stereocenters. The van der Waals surface area contributed by atoms with Gasteiger partial charge < -0.3 is 15.8 Å². The normalized spacial score (nSPS) is 22.1. The minimum atomic E-state index is -0.758. The molecule has 0 saturated heterocycles. The van der Waals surface area contributed by atoms with E-state index in [0.717, 1.165) is 24.8 Å². The van der Waals surface area contributed by atoms with Gasteiger partial charge in [0.25, 0.3) is 0 Å². The van der Waals surface area contributed by atoms with Gasteiger partial charge in [0.15, 0.2) is 6.04 Å². The van der Waals surface area contributed by atoms with Crippen molar-refractivity contribution in [2.45, 2.75) is 44.7 Å². The van der Waals surface area contributed by atoms with E-state index in [1.807, 2.05) is 30.3 Å². The Bertz CT molecular complexity index is 504. The lowest BCUT2D eigenvalue weighted by Crippen LogP contribution is -2.37. The van der Waals surface area contributed by atoms with Crippen molar-refractivity contribution in [1.82, 2.24) is 5.32 Å². The van der Waals surface area contributed by atoms with Gasteiger partial charge >= 0.3 is 5.97 Å². The Morgan fingerprint density at radius 2 is 2.05 bits per heavy atom. The summed E-state index contributed by atoms with van der Waals surface area (Å²) in [4.78, 5) is 24.4. The third-order valence-electron chi connectivity index (χ3n) is 4.13. The van der Waals surface area contributed by atoms with Crippen molar-refractivity contribution in [2.24, 2.45) is 11.7 Å². The van der Waals surface area contributed by atoms with E-state index < -0.39 is 12.0 Å². The molecule has 0 aliphatic heterocycles. The van der Waals surface area contributed by atoms with E-state index in [1.54, 1.807) is 6.92 Å². The Balaban J connectivity index is 2.02. The van der Waals surface area contributed by atoms with Crippen LogP contribution in [-0.4, -0.2) is 24.5 Å². The van der Waals surface area contributed by atoms with Gasteiger partial charge in [-0.1, -0.05) is 36.8 Å². The van der Waals surface area contributed by atoms with E-state index in [4.69, 9.17) is 10.5 Å². The highest BCUT2D eigenvalue weighted by molar-refractivity contribution is 5.85. The largest absolute Gasteiger partial charge is 0.464 e. The third kappa shape index (κ3) is 4.31. The van der Waals surface area contributed by atoms with E-state index in [9.17, 15) is 9.59 Å². The zero-order chi connectivity index (χ0) is 15.9. The van der Waals surface area contributed by atoms with Crippen molar-refractivity contribution in [2.75, 3.05) is 6.61 Å². The zero-order valence-electron chi connectivity index (χ0n) is 13.0. The molecule has 3 N–H and O–H groups in total. The van der Waals surface area contributed by atoms with Crippen molar-refractivity contribution in [3.63, 3.8) is 0 Å². The van der Waals surface area contributed by atoms with Crippen LogP contribution in [0, 0.1) is 5.92 Å². The van der Waals surface area contributed by atoms with Gasteiger partial charge in [0.1, 0.15) is 0 Å². The molecule has 1 aliphatic rings. The van der Waals surface area contributed by atoms with Crippen molar-refractivity contribution < 1.29 is 14.3 Å². The lowest BCUT2D eigenvalue weighted by Gasteiger charge is -2.20. The van der Waals surface area contributed by atoms with Crippen molar-refractivity contribution in [1.29, 1.82) is 0 Å². The monoisotopic (exact) mass is 304 g/mol. The summed E-state index contributed by atoms with van der Waals surface area (Å²) in [5.74, 6) is -0.374. The van der Waals surface area contributed by atoms with E-state index >= 15 is 0 Å². The minimum Gasteiger partial charge on any atom is -0.464 e. The van der Waals surface area contributed by atoms with Crippen LogP contribution in [0.1, 0.15) is 44.2 Å².